The summed E-state index contributed by atoms with van der Waals surface area (Å²) in [5.41, 5.74) is 0.538. The number of carbonyl (C=O) groups is 1. The molecule has 0 bridgehead atoms. The van der Waals surface area contributed by atoms with Crippen LogP contribution in [0.2, 0.25) is 0 Å². The van der Waals surface area contributed by atoms with E-state index < -0.39 is 23.6 Å². The molecule has 1 aromatic carbocycles. The third kappa shape index (κ3) is 14.1. The van der Waals surface area contributed by atoms with Crippen LogP contribution in [0.5, 0.6) is 0 Å². The molecule has 1 heterocycles. The van der Waals surface area contributed by atoms with Crippen molar-refractivity contribution in [1.29, 1.82) is 0 Å². The zero-order chi connectivity index (χ0) is 37.8. The van der Waals surface area contributed by atoms with Gasteiger partial charge in [-0.15, -0.1) is 0 Å². The minimum atomic E-state index is -4.65. The van der Waals surface area contributed by atoms with Gasteiger partial charge >= 0.3 is 12.1 Å². The lowest BCUT2D eigenvalue weighted by Crippen LogP contribution is -2.32. The molecule has 1 atom stereocenters. The van der Waals surface area contributed by atoms with Crippen molar-refractivity contribution in [2.45, 2.75) is 168 Å². The van der Waals surface area contributed by atoms with Crippen LogP contribution in [0.15, 0.2) is 34.7 Å². The van der Waals surface area contributed by atoms with Crippen LogP contribution in [-0.2, 0) is 17.4 Å². The number of rotatable bonds is 27. The number of carboxylic acids is 1. The van der Waals surface area contributed by atoms with Gasteiger partial charge in [-0.1, -0.05) is 136 Å². The van der Waals surface area contributed by atoms with E-state index in [0.717, 1.165) is 75.9 Å². The van der Waals surface area contributed by atoms with Crippen molar-refractivity contribution in [3.8, 4) is 11.3 Å². The Morgan fingerprint density at radius 3 is 1.75 bits per heavy atom. The Morgan fingerprint density at radius 2 is 1.27 bits per heavy atom. The van der Waals surface area contributed by atoms with E-state index >= 15 is 0 Å². The summed E-state index contributed by atoms with van der Waals surface area (Å²) in [7, 11) is 1.58. The summed E-state index contributed by atoms with van der Waals surface area (Å²) in [4.78, 5) is 12.6. The van der Waals surface area contributed by atoms with Gasteiger partial charge in [-0.25, -0.2) is 4.58 Å². The maximum absolute atomic E-state index is 14.6. The Bertz CT molecular complexity index is 1500. The van der Waals surface area contributed by atoms with E-state index in [1.807, 2.05) is 18.2 Å². The normalized spacial score (nSPS) is 12.5. The lowest BCUT2D eigenvalue weighted by atomic mass is 9.87. The zero-order valence-corrected chi connectivity index (χ0v) is 32.8. The molecule has 0 spiro atoms. The van der Waals surface area contributed by atoms with Crippen LogP contribution in [0, 0.1) is 5.92 Å². The molecule has 1 unspecified atom stereocenters. The van der Waals surface area contributed by atoms with Gasteiger partial charge in [0.1, 0.15) is 24.4 Å². The lowest BCUT2D eigenvalue weighted by molar-refractivity contribution is -0.142. The lowest BCUT2D eigenvalue weighted by Gasteiger charge is -2.22. The SMILES string of the molecule is CCCCCCCCCCCCCCCCCCC(Cc1c2ccc(=[N+](CCCC)CCCC)cc-2oc2cc(NC)cc(C(F)(F)F)c12)C(=O)O. The largest absolute Gasteiger partial charge is 0.481 e. The Hall–Kier alpha value is -3.03. The molecule has 0 fully saturated rings. The number of hydrogen-bond donors (Lipinski definition) is 2. The van der Waals surface area contributed by atoms with Crippen molar-refractivity contribution in [3.05, 3.63) is 46.8 Å². The Kier molecular flexibility index (Phi) is 19.7. The van der Waals surface area contributed by atoms with E-state index in [4.69, 9.17) is 4.42 Å². The molecule has 3 rings (SSSR count). The number of aliphatic carboxylic acids is 1. The summed E-state index contributed by atoms with van der Waals surface area (Å²) in [5, 5.41) is 14.1. The average Bonchev–Trinajstić information content (AvgIpc) is 3.12. The van der Waals surface area contributed by atoms with Gasteiger partial charge < -0.3 is 14.8 Å². The minimum absolute atomic E-state index is 0.00808. The number of halogens is 3. The first-order valence-corrected chi connectivity index (χ1v) is 20.7. The number of alkyl halides is 3. The molecule has 0 radical (unpaired) electrons. The van der Waals surface area contributed by atoms with Crippen LogP contribution < -0.4 is 15.2 Å². The fourth-order valence-corrected chi connectivity index (χ4v) is 7.45. The maximum Gasteiger partial charge on any atom is 0.417 e. The average molecular weight is 730 g/mol. The summed E-state index contributed by atoms with van der Waals surface area (Å²) < 4.78 is 52.5. The molecule has 5 nitrogen and oxygen atoms in total. The number of fused-ring (bicyclic) bond motifs is 2. The molecular weight excluding hydrogens is 661 g/mol. The van der Waals surface area contributed by atoms with Gasteiger partial charge in [0.25, 0.3) is 0 Å². The van der Waals surface area contributed by atoms with Crippen molar-refractivity contribution in [3.63, 3.8) is 0 Å². The summed E-state index contributed by atoms with van der Waals surface area (Å²) in [6.07, 6.45) is 19.7. The highest BCUT2D eigenvalue weighted by Gasteiger charge is 2.36. The quantitative estimate of drug-likeness (QED) is 0.0466. The highest BCUT2D eigenvalue weighted by molar-refractivity contribution is 5.93. The van der Waals surface area contributed by atoms with Crippen LogP contribution in [0.25, 0.3) is 22.3 Å². The van der Waals surface area contributed by atoms with Crippen molar-refractivity contribution < 1.29 is 27.5 Å². The van der Waals surface area contributed by atoms with E-state index in [-0.39, 0.29) is 17.4 Å². The van der Waals surface area contributed by atoms with Gasteiger partial charge in [0.2, 0.25) is 5.36 Å². The second kappa shape index (κ2) is 23.6. The van der Waals surface area contributed by atoms with E-state index in [9.17, 15) is 23.1 Å². The van der Waals surface area contributed by atoms with E-state index in [1.165, 1.54) is 77.0 Å². The third-order valence-electron chi connectivity index (χ3n) is 10.6. The fraction of sp³-hybridized carbons (Fsp3) is 0.682. The first-order valence-electron chi connectivity index (χ1n) is 20.7. The number of hydrogen-bond acceptors (Lipinski definition) is 3. The topological polar surface area (TPSA) is 65.5 Å². The molecule has 0 saturated heterocycles. The third-order valence-corrected chi connectivity index (χ3v) is 10.6. The highest BCUT2D eigenvalue weighted by Crippen LogP contribution is 2.43. The summed E-state index contributed by atoms with van der Waals surface area (Å²) in [5.74, 6) is -1.29. The van der Waals surface area contributed by atoms with Gasteiger partial charge in [-0.05, 0) is 30.5 Å². The molecule has 0 saturated carbocycles. The predicted molar refractivity (Wildman–Crippen MR) is 211 cm³/mol. The molecule has 1 aromatic rings. The number of anilines is 1. The second-order valence-corrected chi connectivity index (χ2v) is 14.9. The fourth-order valence-electron chi connectivity index (χ4n) is 7.45. The van der Waals surface area contributed by atoms with Crippen molar-refractivity contribution in [1.82, 2.24) is 4.58 Å². The Morgan fingerprint density at radius 1 is 0.750 bits per heavy atom. The Balaban J connectivity index is 1.74. The Labute approximate surface area is 311 Å². The second-order valence-electron chi connectivity index (χ2n) is 14.9. The van der Waals surface area contributed by atoms with E-state index in [2.05, 4.69) is 30.7 Å². The highest BCUT2D eigenvalue weighted by atomic mass is 19.4. The maximum atomic E-state index is 14.6. The summed E-state index contributed by atoms with van der Waals surface area (Å²) >= 11 is 0. The molecular formula is C44H68F3N2O3+. The molecule has 52 heavy (non-hydrogen) atoms. The molecule has 2 N–H and O–H groups in total. The number of carboxylic acid groups (broad SMARTS) is 1. The van der Waals surface area contributed by atoms with Gasteiger partial charge in [0, 0.05) is 48.7 Å². The monoisotopic (exact) mass is 730 g/mol. The molecule has 292 valence electrons. The molecule has 8 heteroatoms. The van der Waals surface area contributed by atoms with E-state index in [0.29, 0.717) is 29.0 Å². The minimum Gasteiger partial charge on any atom is -0.481 e. The van der Waals surface area contributed by atoms with Gasteiger partial charge in [0.05, 0.1) is 17.5 Å². The first kappa shape index (κ1) is 43.4. The number of benzene rings is 2. The van der Waals surface area contributed by atoms with Crippen molar-refractivity contribution in [2.75, 3.05) is 25.5 Å². The van der Waals surface area contributed by atoms with Crippen LogP contribution in [0.3, 0.4) is 0 Å². The van der Waals surface area contributed by atoms with Crippen LogP contribution >= 0.6 is 0 Å². The van der Waals surface area contributed by atoms with Crippen LogP contribution in [0.1, 0.15) is 167 Å². The smallest absolute Gasteiger partial charge is 0.417 e. The number of unbranched alkanes of at least 4 members (excludes halogenated alkanes) is 17. The summed E-state index contributed by atoms with van der Waals surface area (Å²) in [6.45, 7) is 8.33. The van der Waals surface area contributed by atoms with Crippen molar-refractivity contribution in [2.24, 2.45) is 5.92 Å². The number of nitrogens with zero attached hydrogens (tertiary/aromatic N) is 1. The molecule has 2 aliphatic rings. The summed E-state index contributed by atoms with van der Waals surface area (Å²) in [6, 6.07) is 8.42. The van der Waals surface area contributed by atoms with Gasteiger partial charge in [-0.2, -0.15) is 13.2 Å². The van der Waals surface area contributed by atoms with E-state index in [1.54, 1.807) is 13.1 Å². The van der Waals surface area contributed by atoms with Gasteiger partial charge in [-0.3, -0.25) is 4.79 Å². The van der Waals surface area contributed by atoms with Gasteiger partial charge in [0.15, 0.2) is 0 Å². The van der Waals surface area contributed by atoms with Crippen LogP contribution in [-0.4, -0.2) is 31.2 Å². The molecule has 0 aromatic heterocycles. The predicted octanol–water partition coefficient (Wildman–Crippen LogP) is 12.9. The standard InChI is InChI=1S/C44H67F3N2O3/c1-5-8-11-12-13-14-15-16-17-18-19-20-21-22-23-24-25-34(43(50)51)30-38-37-27-26-36(49(28-9-6-2)29-10-7-3)33-40(37)52-41-32-35(48-4)31-39(42(38)41)44(45,46)47/h26-27,31-34H,5-25,28-30H2,1-4H3,(H,50,51)/p+1. The molecule has 1 aliphatic heterocycles. The van der Waals surface area contributed by atoms with Crippen molar-refractivity contribution >= 4 is 22.6 Å². The molecule has 0 amide bonds. The zero-order valence-electron chi connectivity index (χ0n) is 32.8. The first-order chi connectivity index (χ1) is 25.1. The van der Waals surface area contributed by atoms with Crippen LogP contribution in [0.4, 0.5) is 18.9 Å². The number of nitrogens with one attached hydrogen (secondary N) is 1. The molecule has 1 aliphatic carbocycles.